The Morgan fingerprint density at radius 1 is 1.35 bits per heavy atom. The Labute approximate surface area is 102 Å². The van der Waals surface area contributed by atoms with E-state index >= 15 is 0 Å². The quantitative estimate of drug-likeness (QED) is 0.696. The van der Waals surface area contributed by atoms with Gasteiger partial charge in [-0.25, -0.2) is 8.78 Å². The first-order valence-electron chi connectivity index (χ1n) is 5.80. The topological polar surface area (TPSA) is 12.4 Å². The monoisotopic (exact) mass is 239 g/mol. The first-order valence-corrected chi connectivity index (χ1v) is 5.80. The maximum Gasteiger partial charge on any atom is 0.270 e. The molecule has 0 saturated carbocycles. The third-order valence-corrected chi connectivity index (χ3v) is 2.48. The summed E-state index contributed by atoms with van der Waals surface area (Å²) < 4.78 is 26.3. The zero-order valence-electron chi connectivity index (χ0n) is 10.8. The van der Waals surface area contributed by atoms with Crippen LogP contribution in [0.15, 0.2) is 29.3 Å². The lowest BCUT2D eigenvalue weighted by Crippen LogP contribution is -2.08. The molecule has 94 valence electrons. The molecule has 0 radical (unpaired) electrons. The van der Waals surface area contributed by atoms with Crippen LogP contribution in [0.2, 0.25) is 0 Å². The van der Waals surface area contributed by atoms with Gasteiger partial charge in [-0.05, 0) is 24.5 Å². The Bertz CT molecular complexity index is 403. The second-order valence-electron chi connectivity index (χ2n) is 4.79. The molecule has 0 amide bonds. The zero-order chi connectivity index (χ0) is 13.1. The maximum atomic E-state index is 13.2. The molecule has 0 aromatic heterocycles. The van der Waals surface area contributed by atoms with Gasteiger partial charge in [-0.15, -0.1) is 0 Å². The van der Waals surface area contributed by atoms with Crippen molar-refractivity contribution >= 4 is 5.71 Å². The lowest BCUT2D eigenvalue weighted by molar-refractivity contribution is 0.0174. The molecule has 0 fully saturated rings. The first kappa shape index (κ1) is 13.8. The highest BCUT2D eigenvalue weighted by atomic mass is 19.3. The maximum absolute atomic E-state index is 13.2. The molecule has 1 aromatic carbocycles. The van der Waals surface area contributed by atoms with Crippen LogP contribution in [-0.2, 0) is 5.92 Å². The molecule has 0 saturated heterocycles. The molecule has 0 spiro atoms. The second-order valence-corrected chi connectivity index (χ2v) is 4.79. The standard InChI is InChI=1S/C14H19F2N/c1-10(2)9-17-11(3)12-6-5-7-13(8-12)14(4,15)16/h5-8,10H,9H2,1-4H3. The fourth-order valence-electron chi connectivity index (χ4n) is 1.43. The van der Waals surface area contributed by atoms with Crippen LogP contribution in [0.5, 0.6) is 0 Å². The van der Waals surface area contributed by atoms with Crippen molar-refractivity contribution in [1.29, 1.82) is 0 Å². The number of hydrogen-bond acceptors (Lipinski definition) is 1. The van der Waals surface area contributed by atoms with Crippen LogP contribution in [0, 0.1) is 5.92 Å². The number of benzene rings is 1. The van der Waals surface area contributed by atoms with Crippen LogP contribution in [0.4, 0.5) is 8.78 Å². The van der Waals surface area contributed by atoms with Gasteiger partial charge in [-0.2, -0.15) is 0 Å². The second kappa shape index (κ2) is 5.39. The molecular weight excluding hydrogens is 220 g/mol. The van der Waals surface area contributed by atoms with E-state index in [4.69, 9.17) is 0 Å². The molecule has 0 N–H and O–H groups in total. The summed E-state index contributed by atoms with van der Waals surface area (Å²) in [5.41, 5.74) is 1.61. The molecule has 0 heterocycles. The molecule has 0 aliphatic carbocycles. The van der Waals surface area contributed by atoms with Crippen molar-refractivity contribution in [2.24, 2.45) is 10.9 Å². The minimum atomic E-state index is -2.80. The Hall–Kier alpha value is -1.25. The number of rotatable bonds is 4. The molecule has 1 aromatic rings. The minimum Gasteiger partial charge on any atom is -0.289 e. The highest BCUT2D eigenvalue weighted by molar-refractivity contribution is 5.98. The van der Waals surface area contributed by atoms with Crippen LogP contribution < -0.4 is 0 Å². The van der Waals surface area contributed by atoms with Gasteiger partial charge in [-0.3, -0.25) is 4.99 Å². The van der Waals surface area contributed by atoms with Crippen molar-refractivity contribution in [1.82, 2.24) is 0 Å². The Morgan fingerprint density at radius 3 is 2.53 bits per heavy atom. The van der Waals surface area contributed by atoms with Crippen molar-refractivity contribution < 1.29 is 8.78 Å². The largest absolute Gasteiger partial charge is 0.289 e. The van der Waals surface area contributed by atoms with E-state index in [1.807, 2.05) is 13.0 Å². The van der Waals surface area contributed by atoms with Crippen LogP contribution in [0.25, 0.3) is 0 Å². The van der Waals surface area contributed by atoms with Crippen LogP contribution >= 0.6 is 0 Å². The zero-order valence-corrected chi connectivity index (χ0v) is 10.8. The summed E-state index contributed by atoms with van der Waals surface area (Å²) in [5.74, 6) is -2.32. The van der Waals surface area contributed by atoms with Crippen molar-refractivity contribution in [3.05, 3.63) is 35.4 Å². The summed E-state index contributed by atoms with van der Waals surface area (Å²) in [6.45, 7) is 7.64. The predicted molar refractivity (Wildman–Crippen MR) is 67.9 cm³/mol. The van der Waals surface area contributed by atoms with E-state index in [0.29, 0.717) is 5.92 Å². The van der Waals surface area contributed by atoms with Crippen LogP contribution in [0.3, 0.4) is 0 Å². The summed E-state index contributed by atoms with van der Waals surface area (Å²) in [7, 11) is 0. The Balaban J connectivity index is 2.96. The van der Waals surface area contributed by atoms with Crippen LogP contribution in [-0.4, -0.2) is 12.3 Å². The average molecular weight is 239 g/mol. The van der Waals surface area contributed by atoms with Gasteiger partial charge in [-0.1, -0.05) is 32.0 Å². The van der Waals surface area contributed by atoms with E-state index in [0.717, 1.165) is 24.7 Å². The third-order valence-electron chi connectivity index (χ3n) is 2.48. The minimum absolute atomic E-state index is 0.0362. The normalized spacial score (nSPS) is 13.2. The summed E-state index contributed by atoms with van der Waals surface area (Å²) in [6.07, 6.45) is 0. The predicted octanol–water partition coefficient (Wildman–Crippen LogP) is 4.26. The first-order chi connectivity index (χ1) is 7.80. The summed E-state index contributed by atoms with van der Waals surface area (Å²) in [5, 5.41) is 0. The summed E-state index contributed by atoms with van der Waals surface area (Å²) >= 11 is 0. The molecule has 0 aliphatic heterocycles. The van der Waals surface area contributed by atoms with Crippen molar-refractivity contribution in [3.8, 4) is 0 Å². The van der Waals surface area contributed by atoms with Gasteiger partial charge >= 0.3 is 0 Å². The number of halogens is 2. The average Bonchev–Trinajstić information content (AvgIpc) is 2.25. The molecule has 0 bridgehead atoms. The van der Waals surface area contributed by atoms with E-state index < -0.39 is 5.92 Å². The SMILES string of the molecule is CC(=NCC(C)C)c1cccc(C(C)(F)F)c1. The van der Waals surface area contributed by atoms with E-state index in [2.05, 4.69) is 18.8 Å². The number of alkyl halides is 2. The Morgan fingerprint density at radius 2 is 2.00 bits per heavy atom. The van der Waals surface area contributed by atoms with E-state index in [1.165, 1.54) is 12.1 Å². The number of aliphatic imine (C=N–C) groups is 1. The Kier molecular flexibility index (Phi) is 4.38. The summed E-state index contributed by atoms with van der Waals surface area (Å²) in [4.78, 5) is 4.39. The summed E-state index contributed by atoms with van der Waals surface area (Å²) in [6, 6.07) is 6.42. The van der Waals surface area contributed by atoms with Gasteiger partial charge in [0.15, 0.2) is 0 Å². The molecule has 17 heavy (non-hydrogen) atoms. The van der Waals surface area contributed by atoms with Crippen LogP contribution in [0.1, 0.15) is 38.8 Å². The molecular formula is C14H19F2N. The van der Waals surface area contributed by atoms with Gasteiger partial charge in [0, 0.05) is 24.7 Å². The van der Waals surface area contributed by atoms with Crippen molar-refractivity contribution in [2.75, 3.05) is 6.54 Å². The van der Waals surface area contributed by atoms with E-state index in [-0.39, 0.29) is 5.56 Å². The fourth-order valence-corrected chi connectivity index (χ4v) is 1.43. The lowest BCUT2D eigenvalue weighted by atomic mass is 10.0. The van der Waals surface area contributed by atoms with Gasteiger partial charge in [0.05, 0.1) is 0 Å². The molecule has 0 unspecified atom stereocenters. The van der Waals surface area contributed by atoms with E-state index in [9.17, 15) is 8.78 Å². The molecule has 3 heteroatoms. The highest BCUT2D eigenvalue weighted by Crippen LogP contribution is 2.27. The van der Waals surface area contributed by atoms with E-state index in [1.54, 1.807) is 6.07 Å². The number of hydrogen-bond donors (Lipinski definition) is 0. The molecule has 0 atom stereocenters. The molecule has 0 aliphatic rings. The highest BCUT2D eigenvalue weighted by Gasteiger charge is 2.24. The van der Waals surface area contributed by atoms with Gasteiger partial charge < -0.3 is 0 Å². The fraction of sp³-hybridized carbons (Fsp3) is 0.500. The number of nitrogens with zero attached hydrogens (tertiary/aromatic N) is 1. The van der Waals surface area contributed by atoms with Gasteiger partial charge in [0.2, 0.25) is 0 Å². The molecule has 1 nitrogen and oxygen atoms in total. The van der Waals surface area contributed by atoms with Crippen molar-refractivity contribution in [3.63, 3.8) is 0 Å². The van der Waals surface area contributed by atoms with Gasteiger partial charge in [0.25, 0.3) is 5.92 Å². The molecule has 1 rings (SSSR count). The third kappa shape index (κ3) is 4.25. The van der Waals surface area contributed by atoms with Gasteiger partial charge in [0.1, 0.15) is 0 Å². The smallest absolute Gasteiger partial charge is 0.270 e. The lowest BCUT2D eigenvalue weighted by Gasteiger charge is -2.12. The van der Waals surface area contributed by atoms with Crippen molar-refractivity contribution in [2.45, 2.75) is 33.6 Å².